The van der Waals surface area contributed by atoms with Crippen molar-refractivity contribution in [2.24, 2.45) is 0 Å². The van der Waals surface area contributed by atoms with Gasteiger partial charge in [0.05, 0.1) is 22.8 Å². The first-order valence-corrected chi connectivity index (χ1v) is 6.20. The summed E-state index contributed by atoms with van der Waals surface area (Å²) in [6, 6.07) is 12.9. The summed E-state index contributed by atoms with van der Waals surface area (Å²) >= 11 is 0. The molecule has 0 aliphatic heterocycles. The molecule has 4 nitrogen and oxygen atoms in total. The first-order valence-electron chi connectivity index (χ1n) is 6.20. The third kappa shape index (κ3) is 2.35. The van der Waals surface area contributed by atoms with E-state index in [4.69, 9.17) is 15.7 Å². The van der Waals surface area contributed by atoms with E-state index in [0.717, 1.165) is 17.0 Å². The van der Waals surface area contributed by atoms with Gasteiger partial charge in [0.2, 0.25) is 0 Å². The Balaban J connectivity index is 2.02. The highest BCUT2D eigenvalue weighted by atomic mass is 19.1. The zero-order chi connectivity index (χ0) is 14.8. The van der Waals surface area contributed by atoms with Crippen LogP contribution in [0.25, 0.3) is 10.9 Å². The van der Waals surface area contributed by atoms with Gasteiger partial charge < -0.3 is 10.5 Å². The van der Waals surface area contributed by atoms with Gasteiger partial charge in [-0.2, -0.15) is 5.26 Å². The number of nitrogens with zero attached hydrogens (tertiary/aromatic N) is 2. The standard InChI is InChI=1S/C16H10FN3O/c17-12-8-10(9-18)3-5-14(12)21-15-6-4-13-11(16(15)19)2-1-7-20-13/h1-8H,19H2. The molecule has 0 saturated carbocycles. The van der Waals surface area contributed by atoms with Crippen LogP contribution in [0.15, 0.2) is 48.7 Å². The molecule has 102 valence electrons. The number of anilines is 1. The number of halogens is 1. The number of ether oxygens (including phenoxy) is 1. The Hall–Kier alpha value is -3.13. The second-order valence-corrected chi connectivity index (χ2v) is 4.41. The Morgan fingerprint density at radius 2 is 1.95 bits per heavy atom. The number of pyridine rings is 1. The van der Waals surface area contributed by atoms with Gasteiger partial charge in [0, 0.05) is 11.6 Å². The van der Waals surface area contributed by atoms with Crippen LogP contribution in [0, 0.1) is 17.1 Å². The minimum Gasteiger partial charge on any atom is -0.452 e. The summed E-state index contributed by atoms with van der Waals surface area (Å²) in [5.74, 6) is -0.247. The van der Waals surface area contributed by atoms with Gasteiger partial charge in [-0.05, 0) is 42.5 Å². The molecule has 0 bridgehead atoms. The molecule has 2 aromatic carbocycles. The largest absolute Gasteiger partial charge is 0.452 e. The summed E-state index contributed by atoms with van der Waals surface area (Å²) in [5.41, 5.74) is 7.40. The third-order valence-electron chi connectivity index (χ3n) is 3.07. The Morgan fingerprint density at radius 1 is 1.14 bits per heavy atom. The lowest BCUT2D eigenvalue weighted by molar-refractivity contribution is 0.444. The Labute approximate surface area is 120 Å². The van der Waals surface area contributed by atoms with Crippen LogP contribution in [0.5, 0.6) is 11.5 Å². The van der Waals surface area contributed by atoms with Crippen LogP contribution in [-0.4, -0.2) is 4.98 Å². The second-order valence-electron chi connectivity index (χ2n) is 4.41. The van der Waals surface area contributed by atoms with Crippen molar-refractivity contribution in [3.05, 3.63) is 60.0 Å². The molecule has 0 atom stereocenters. The number of nitrogen functional groups attached to an aromatic ring is 1. The van der Waals surface area contributed by atoms with E-state index in [-0.39, 0.29) is 11.3 Å². The van der Waals surface area contributed by atoms with Crippen molar-refractivity contribution < 1.29 is 9.13 Å². The van der Waals surface area contributed by atoms with Crippen molar-refractivity contribution in [1.29, 1.82) is 5.26 Å². The smallest absolute Gasteiger partial charge is 0.167 e. The first kappa shape index (κ1) is 12.9. The number of fused-ring (bicyclic) bond motifs is 1. The van der Waals surface area contributed by atoms with Crippen molar-refractivity contribution >= 4 is 16.6 Å². The summed E-state index contributed by atoms with van der Waals surface area (Å²) in [6.45, 7) is 0. The van der Waals surface area contributed by atoms with Crippen LogP contribution in [0.3, 0.4) is 0 Å². The predicted octanol–water partition coefficient (Wildman–Crippen LogP) is 3.62. The van der Waals surface area contributed by atoms with Crippen LogP contribution < -0.4 is 10.5 Å². The van der Waals surface area contributed by atoms with E-state index in [1.165, 1.54) is 12.1 Å². The van der Waals surface area contributed by atoms with Gasteiger partial charge >= 0.3 is 0 Å². The van der Waals surface area contributed by atoms with Gasteiger partial charge in [-0.15, -0.1) is 0 Å². The highest BCUT2D eigenvalue weighted by Crippen LogP contribution is 2.34. The molecular formula is C16H10FN3O. The molecule has 1 heterocycles. The minimum absolute atomic E-state index is 0.0175. The molecular weight excluding hydrogens is 269 g/mol. The van der Waals surface area contributed by atoms with Crippen molar-refractivity contribution in [1.82, 2.24) is 4.98 Å². The van der Waals surface area contributed by atoms with Gasteiger partial charge in [-0.1, -0.05) is 0 Å². The SMILES string of the molecule is N#Cc1ccc(Oc2ccc3ncccc3c2N)c(F)c1. The molecule has 0 spiro atoms. The lowest BCUT2D eigenvalue weighted by atomic mass is 10.1. The molecule has 0 radical (unpaired) electrons. The maximum Gasteiger partial charge on any atom is 0.167 e. The molecule has 0 fully saturated rings. The zero-order valence-electron chi connectivity index (χ0n) is 10.9. The van der Waals surface area contributed by atoms with Gasteiger partial charge in [0.25, 0.3) is 0 Å². The van der Waals surface area contributed by atoms with E-state index >= 15 is 0 Å². The number of rotatable bonds is 2. The summed E-state index contributed by atoms with van der Waals surface area (Å²) in [5, 5.41) is 9.46. The van der Waals surface area contributed by atoms with Gasteiger partial charge in [-0.25, -0.2) is 4.39 Å². The van der Waals surface area contributed by atoms with Crippen LogP contribution in [0.1, 0.15) is 5.56 Å². The fourth-order valence-electron chi connectivity index (χ4n) is 2.02. The maximum absolute atomic E-state index is 13.8. The average Bonchev–Trinajstić information content (AvgIpc) is 2.52. The highest BCUT2D eigenvalue weighted by molar-refractivity contribution is 5.93. The van der Waals surface area contributed by atoms with Crippen molar-refractivity contribution in [3.63, 3.8) is 0 Å². The van der Waals surface area contributed by atoms with Crippen LogP contribution in [-0.2, 0) is 0 Å². The topological polar surface area (TPSA) is 71.9 Å². The molecule has 2 N–H and O–H groups in total. The molecule has 0 saturated heterocycles. The Morgan fingerprint density at radius 3 is 2.71 bits per heavy atom. The highest BCUT2D eigenvalue weighted by Gasteiger charge is 2.10. The first-order chi connectivity index (χ1) is 10.2. The lowest BCUT2D eigenvalue weighted by Crippen LogP contribution is -1.96. The van der Waals surface area contributed by atoms with Crippen molar-refractivity contribution in [3.8, 4) is 17.6 Å². The Bertz CT molecular complexity index is 871. The van der Waals surface area contributed by atoms with E-state index in [1.807, 2.05) is 12.1 Å². The van der Waals surface area contributed by atoms with Crippen LogP contribution in [0.2, 0.25) is 0 Å². The van der Waals surface area contributed by atoms with Crippen molar-refractivity contribution in [2.45, 2.75) is 0 Å². The van der Waals surface area contributed by atoms with E-state index < -0.39 is 5.82 Å². The molecule has 3 rings (SSSR count). The molecule has 0 aliphatic rings. The molecule has 0 aliphatic carbocycles. The fraction of sp³-hybridized carbons (Fsp3) is 0. The zero-order valence-corrected chi connectivity index (χ0v) is 10.9. The average molecular weight is 279 g/mol. The number of aromatic nitrogens is 1. The molecule has 0 amide bonds. The number of hydrogen-bond donors (Lipinski definition) is 1. The molecule has 1 aromatic heterocycles. The predicted molar refractivity (Wildman–Crippen MR) is 77.3 cm³/mol. The maximum atomic E-state index is 13.8. The van der Waals surface area contributed by atoms with E-state index in [2.05, 4.69) is 4.98 Å². The van der Waals surface area contributed by atoms with Crippen molar-refractivity contribution in [2.75, 3.05) is 5.73 Å². The van der Waals surface area contributed by atoms with Gasteiger partial charge in [-0.3, -0.25) is 4.98 Å². The Kier molecular flexibility index (Phi) is 3.13. The van der Waals surface area contributed by atoms with E-state index in [0.29, 0.717) is 11.4 Å². The van der Waals surface area contributed by atoms with E-state index in [9.17, 15) is 4.39 Å². The number of benzene rings is 2. The summed E-state index contributed by atoms with van der Waals surface area (Å²) < 4.78 is 19.3. The van der Waals surface area contributed by atoms with Gasteiger partial charge in [0.1, 0.15) is 0 Å². The normalized spacial score (nSPS) is 10.3. The second kappa shape index (κ2) is 5.10. The monoisotopic (exact) mass is 279 g/mol. The quantitative estimate of drug-likeness (QED) is 0.727. The number of hydrogen-bond acceptors (Lipinski definition) is 4. The summed E-state index contributed by atoms with van der Waals surface area (Å²) in [7, 11) is 0. The van der Waals surface area contributed by atoms with Gasteiger partial charge in [0.15, 0.2) is 17.3 Å². The molecule has 5 heteroatoms. The molecule has 3 aromatic rings. The third-order valence-corrected chi connectivity index (χ3v) is 3.07. The number of nitrogens with two attached hydrogens (primary N) is 1. The van der Waals surface area contributed by atoms with Crippen LogP contribution in [0.4, 0.5) is 10.1 Å². The summed E-state index contributed by atoms with van der Waals surface area (Å²) in [4.78, 5) is 4.18. The van der Waals surface area contributed by atoms with E-state index in [1.54, 1.807) is 24.4 Å². The molecule has 0 unspecified atom stereocenters. The van der Waals surface area contributed by atoms with Crippen LogP contribution >= 0.6 is 0 Å². The number of nitriles is 1. The summed E-state index contributed by atoms with van der Waals surface area (Å²) in [6.07, 6.45) is 1.67. The molecule has 21 heavy (non-hydrogen) atoms. The lowest BCUT2D eigenvalue weighted by Gasteiger charge is -2.11. The minimum atomic E-state index is -0.611. The fourth-order valence-corrected chi connectivity index (χ4v) is 2.02.